The average Bonchev–Trinajstić information content (AvgIpc) is 2.85. The minimum atomic E-state index is 0.849. The molecule has 2 aromatic heterocycles. The van der Waals surface area contributed by atoms with E-state index in [1.54, 1.807) is 0 Å². The van der Waals surface area contributed by atoms with Crippen LogP contribution in [-0.4, -0.2) is 11.6 Å². The number of fused-ring (bicyclic) bond motifs is 2. The minimum Gasteiger partial charge on any atom is -0.491 e. The van der Waals surface area contributed by atoms with E-state index >= 15 is 0 Å². The third-order valence-electron chi connectivity index (χ3n) is 2.77. The van der Waals surface area contributed by atoms with Gasteiger partial charge in [-0.15, -0.1) is 0 Å². The fourth-order valence-corrected chi connectivity index (χ4v) is 1.87. The Hall–Kier alpha value is -1.18. The largest absolute Gasteiger partial charge is 0.491 e. The van der Waals surface area contributed by atoms with Crippen molar-refractivity contribution in [3.63, 3.8) is 0 Å². The summed E-state index contributed by atoms with van der Waals surface area (Å²) in [6.45, 7) is 3.09. The van der Waals surface area contributed by atoms with Crippen LogP contribution in [0.5, 0.6) is 5.75 Å². The molecule has 0 radical (unpaired) electrons. The standard InChI is InChI=1S/C13H19NO/c1-2-3-4-5-6-9-15-13-10-11-7-8-12(13)14-11/h7-8,10,14H,2-6,9H2,1H3. The van der Waals surface area contributed by atoms with E-state index in [0.29, 0.717) is 0 Å². The van der Waals surface area contributed by atoms with Crippen molar-refractivity contribution in [3.8, 4) is 5.75 Å². The molecule has 0 aromatic carbocycles. The van der Waals surface area contributed by atoms with Gasteiger partial charge in [0.15, 0.2) is 0 Å². The Balaban J connectivity index is 1.64. The van der Waals surface area contributed by atoms with Gasteiger partial charge in [-0.3, -0.25) is 0 Å². The Morgan fingerprint density at radius 2 is 2.00 bits per heavy atom. The normalized spacial score (nSPS) is 11.3. The SMILES string of the molecule is CCCCCCCOc1cc2ccc1[nH]2. The number of ether oxygens (including phenoxy) is 1. The first-order valence-electron chi connectivity index (χ1n) is 5.94. The van der Waals surface area contributed by atoms with E-state index in [1.807, 2.05) is 0 Å². The van der Waals surface area contributed by atoms with Crippen LogP contribution >= 0.6 is 0 Å². The van der Waals surface area contributed by atoms with Gasteiger partial charge in [0.2, 0.25) is 0 Å². The smallest absolute Gasteiger partial charge is 0.144 e. The Bertz CT molecular complexity index is 380. The van der Waals surface area contributed by atoms with Crippen molar-refractivity contribution in [1.82, 2.24) is 4.98 Å². The van der Waals surface area contributed by atoms with Crippen molar-refractivity contribution in [2.45, 2.75) is 39.0 Å². The van der Waals surface area contributed by atoms with E-state index < -0.39 is 0 Å². The van der Waals surface area contributed by atoms with Crippen LogP contribution in [0.15, 0.2) is 18.2 Å². The lowest BCUT2D eigenvalue weighted by Crippen LogP contribution is -1.96. The van der Waals surface area contributed by atoms with E-state index in [4.69, 9.17) is 4.74 Å². The zero-order chi connectivity index (χ0) is 10.5. The van der Waals surface area contributed by atoms with Gasteiger partial charge in [-0.25, -0.2) is 0 Å². The van der Waals surface area contributed by atoms with Gasteiger partial charge in [-0.05, 0) is 18.6 Å². The van der Waals surface area contributed by atoms with Crippen LogP contribution in [0.1, 0.15) is 39.0 Å². The van der Waals surface area contributed by atoms with E-state index in [1.165, 1.54) is 32.1 Å². The van der Waals surface area contributed by atoms with Crippen LogP contribution in [0.4, 0.5) is 0 Å². The zero-order valence-electron chi connectivity index (χ0n) is 9.38. The average molecular weight is 205 g/mol. The molecule has 2 heteroatoms. The summed E-state index contributed by atoms with van der Waals surface area (Å²) in [6.07, 6.45) is 6.45. The molecule has 2 heterocycles. The molecule has 2 bridgehead atoms. The predicted molar refractivity (Wildman–Crippen MR) is 63.7 cm³/mol. The van der Waals surface area contributed by atoms with E-state index in [-0.39, 0.29) is 0 Å². The number of unbranched alkanes of at least 4 members (excludes halogenated alkanes) is 4. The van der Waals surface area contributed by atoms with E-state index in [0.717, 1.165) is 23.4 Å². The summed E-state index contributed by atoms with van der Waals surface area (Å²) >= 11 is 0. The fraction of sp³-hybridized carbons (Fsp3) is 0.538. The summed E-state index contributed by atoms with van der Waals surface area (Å²) in [4.78, 5) is 3.24. The molecule has 15 heavy (non-hydrogen) atoms. The number of hydrogen-bond donors (Lipinski definition) is 1. The van der Waals surface area contributed by atoms with E-state index in [2.05, 4.69) is 30.1 Å². The molecule has 2 rings (SSSR count). The summed E-state index contributed by atoms with van der Waals surface area (Å²) in [5, 5.41) is 0. The monoisotopic (exact) mass is 205 g/mol. The Morgan fingerprint density at radius 3 is 2.67 bits per heavy atom. The van der Waals surface area contributed by atoms with Gasteiger partial charge in [0.1, 0.15) is 5.75 Å². The number of hydrogen-bond acceptors (Lipinski definition) is 1. The molecule has 0 unspecified atom stereocenters. The first-order chi connectivity index (χ1) is 7.40. The quantitative estimate of drug-likeness (QED) is 0.680. The lowest BCUT2D eigenvalue weighted by Gasteiger charge is -2.04. The Labute approximate surface area is 91.0 Å². The maximum atomic E-state index is 5.71. The zero-order valence-corrected chi connectivity index (χ0v) is 9.38. The first-order valence-corrected chi connectivity index (χ1v) is 5.94. The van der Waals surface area contributed by atoms with Gasteiger partial charge in [0.05, 0.1) is 12.1 Å². The van der Waals surface area contributed by atoms with Crippen LogP contribution in [0.25, 0.3) is 11.0 Å². The molecule has 0 aliphatic heterocycles. The summed E-state index contributed by atoms with van der Waals surface area (Å²) in [6, 6.07) is 6.21. The maximum Gasteiger partial charge on any atom is 0.144 e. The van der Waals surface area contributed by atoms with E-state index in [9.17, 15) is 0 Å². The van der Waals surface area contributed by atoms with Crippen LogP contribution < -0.4 is 4.74 Å². The highest BCUT2D eigenvalue weighted by Crippen LogP contribution is 2.25. The molecule has 0 spiro atoms. The molecule has 0 aliphatic rings. The van der Waals surface area contributed by atoms with Crippen LogP contribution in [0, 0.1) is 0 Å². The lowest BCUT2D eigenvalue weighted by molar-refractivity contribution is 0.308. The number of rotatable bonds is 7. The topological polar surface area (TPSA) is 25.0 Å². The van der Waals surface area contributed by atoms with Crippen molar-refractivity contribution < 1.29 is 4.74 Å². The van der Waals surface area contributed by atoms with Gasteiger partial charge in [0, 0.05) is 11.6 Å². The van der Waals surface area contributed by atoms with Crippen LogP contribution in [-0.2, 0) is 0 Å². The highest BCUT2D eigenvalue weighted by molar-refractivity contribution is 5.74. The number of benzene rings is 1. The first kappa shape index (κ1) is 10.3. The van der Waals surface area contributed by atoms with Gasteiger partial charge in [0.25, 0.3) is 0 Å². The molecule has 0 fully saturated rings. The van der Waals surface area contributed by atoms with Gasteiger partial charge >= 0.3 is 0 Å². The highest BCUT2D eigenvalue weighted by Gasteiger charge is 2.04. The lowest BCUT2D eigenvalue weighted by atomic mass is 10.2. The van der Waals surface area contributed by atoms with Crippen molar-refractivity contribution in [2.75, 3.05) is 6.61 Å². The third-order valence-corrected chi connectivity index (χ3v) is 2.77. The molecule has 0 amide bonds. The Morgan fingerprint density at radius 1 is 1.13 bits per heavy atom. The van der Waals surface area contributed by atoms with Crippen molar-refractivity contribution in [3.05, 3.63) is 18.2 Å². The number of aromatic amines is 1. The minimum absolute atomic E-state index is 0.849. The molecule has 0 saturated heterocycles. The second-order valence-corrected chi connectivity index (χ2v) is 4.10. The number of aromatic nitrogens is 1. The third kappa shape index (κ3) is 2.65. The second-order valence-electron chi connectivity index (χ2n) is 4.10. The predicted octanol–water partition coefficient (Wildman–Crippen LogP) is 3.95. The Kier molecular flexibility index (Phi) is 3.49. The van der Waals surface area contributed by atoms with Crippen molar-refractivity contribution >= 4 is 11.0 Å². The molecule has 0 aliphatic carbocycles. The molecule has 1 N–H and O–H groups in total. The van der Waals surface area contributed by atoms with Gasteiger partial charge in [-0.2, -0.15) is 0 Å². The van der Waals surface area contributed by atoms with Crippen molar-refractivity contribution in [2.24, 2.45) is 0 Å². The summed E-state index contributed by atoms with van der Waals surface area (Å²) < 4.78 is 5.71. The molecule has 82 valence electrons. The fourth-order valence-electron chi connectivity index (χ4n) is 1.87. The van der Waals surface area contributed by atoms with Gasteiger partial charge in [-0.1, -0.05) is 32.6 Å². The summed E-state index contributed by atoms with van der Waals surface area (Å²) in [5.41, 5.74) is 2.28. The molecular formula is C13H19NO. The van der Waals surface area contributed by atoms with Crippen LogP contribution in [0.2, 0.25) is 0 Å². The maximum absolute atomic E-state index is 5.71. The number of H-pyrrole nitrogens is 1. The molecule has 2 aromatic rings. The van der Waals surface area contributed by atoms with Crippen LogP contribution in [0.3, 0.4) is 0 Å². The molecule has 0 saturated carbocycles. The second kappa shape index (κ2) is 5.06. The van der Waals surface area contributed by atoms with Gasteiger partial charge < -0.3 is 9.72 Å². The molecule has 2 nitrogen and oxygen atoms in total. The van der Waals surface area contributed by atoms with Crippen molar-refractivity contribution in [1.29, 1.82) is 0 Å². The molecule has 0 atom stereocenters. The summed E-state index contributed by atoms with van der Waals surface area (Å²) in [5.74, 6) is 1.02. The number of nitrogens with one attached hydrogen (secondary N) is 1. The summed E-state index contributed by atoms with van der Waals surface area (Å²) in [7, 11) is 0. The molecular weight excluding hydrogens is 186 g/mol. The highest BCUT2D eigenvalue weighted by atomic mass is 16.5.